The fraction of sp³-hybridized carbons (Fsp3) is 0.391. The summed E-state index contributed by atoms with van der Waals surface area (Å²) in [5.74, 6) is -1.05. The maximum Gasteiger partial charge on any atom is 0.422 e. The number of hydrogen-bond donors (Lipinski definition) is 1. The van der Waals surface area contributed by atoms with E-state index >= 15 is 0 Å². The van der Waals surface area contributed by atoms with Crippen molar-refractivity contribution in [1.82, 2.24) is 10.2 Å². The van der Waals surface area contributed by atoms with Crippen LogP contribution in [0.1, 0.15) is 35.2 Å². The largest absolute Gasteiger partial charge is 0.484 e. The number of nitrogens with one attached hydrogen (secondary N) is 1. The van der Waals surface area contributed by atoms with Crippen molar-refractivity contribution in [2.75, 3.05) is 19.7 Å². The zero-order valence-electron chi connectivity index (χ0n) is 18.2. The molecule has 0 aliphatic carbocycles. The molecule has 34 heavy (non-hydrogen) atoms. The lowest BCUT2D eigenvalue weighted by atomic mass is 10.0. The second kappa shape index (κ2) is 11.0. The first-order valence-electron chi connectivity index (χ1n) is 10.7. The highest BCUT2D eigenvalue weighted by molar-refractivity contribution is 5.98. The Morgan fingerprint density at radius 1 is 1.12 bits per heavy atom. The second-order valence-corrected chi connectivity index (χ2v) is 7.96. The fourth-order valence-corrected chi connectivity index (χ4v) is 3.70. The minimum absolute atomic E-state index is 0.0983. The predicted molar refractivity (Wildman–Crippen MR) is 116 cm³/mol. The van der Waals surface area contributed by atoms with E-state index in [1.165, 1.54) is 4.90 Å². The monoisotopic (exact) mass is 479 g/mol. The number of benzene rings is 2. The summed E-state index contributed by atoms with van der Waals surface area (Å²) in [5.41, 5.74) is 0.205. The van der Waals surface area contributed by atoms with Gasteiger partial charge in [0.25, 0.3) is 11.6 Å². The van der Waals surface area contributed by atoms with Crippen LogP contribution in [0.15, 0.2) is 48.5 Å². The summed E-state index contributed by atoms with van der Waals surface area (Å²) in [7, 11) is 0. The van der Waals surface area contributed by atoms with Crippen LogP contribution < -0.4 is 10.1 Å². The number of hydrogen-bond acceptors (Lipinski definition) is 5. The van der Waals surface area contributed by atoms with Crippen LogP contribution in [-0.2, 0) is 11.2 Å². The molecule has 2 amide bonds. The van der Waals surface area contributed by atoms with Crippen molar-refractivity contribution in [2.45, 2.75) is 37.9 Å². The average Bonchev–Trinajstić information content (AvgIpc) is 2.81. The Hall–Kier alpha value is -3.63. The van der Waals surface area contributed by atoms with Crippen molar-refractivity contribution in [3.05, 3.63) is 69.8 Å². The molecule has 1 aliphatic rings. The molecule has 2 aromatic rings. The van der Waals surface area contributed by atoms with Gasteiger partial charge in [0.05, 0.1) is 4.92 Å². The van der Waals surface area contributed by atoms with E-state index in [2.05, 4.69) is 10.1 Å². The predicted octanol–water partition coefficient (Wildman–Crippen LogP) is 3.89. The number of aryl methyl sites for hydroxylation is 1. The number of nitro benzene ring substituents is 1. The van der Waals surface area contributed by atoms with E-state index in [1.807, 2.05) is 30.3 Å². The summed E-state index contributed by atoms with van der Waals surface area (Å²) in [6.45, 7) is -1.09. The molecule has 0 saturated carbocycles. The molecule has 8 nitrogen and oxygen atoms in total. The van der Waals surface area contributed by atoms with Crippen molar-refractivity contribution in [3.63, 3.8) is 0 Å². The van der Waals surface area contributed by atoms with Crippen molar-refractivity contribution >= 4 is 17.5 Å². The average molecular weight is 479 g/mol. The highest BCUT2D eigenvalue weighted by Crippen LogP contribution is 2.28. The van der Waals surface area contributed by atoms with E-state index in [-0.39, 0.29) is 36.4 Å². The van der Waals surface area contributed by atoms with Gasteiger partial charge in [0.15, 0.2) is 6.61 Å². The Morgan fingerprint density at radius 2 is 1.79 bits per heavy atom. The van der Waals surface area contributed by atoms with Crippen molar-refractivity contribution < 1.29 is 32.4 Å². The van der Waals surface area contributed by atoms with Crippen LogP contribution in [0.5, 0.6) is 5.75 Å². The summed E-state index contributed by atoms with van der Waals surface area (Å²) >= 11 is 0. The zero-order chi connectivity index (χ0) is 24.7. The molecule has 0 atom stereocenters. The number of nitrogens with zero attached hydrogens (tertiary/aromatic N) is 2. The number of alkyl halides is 3. The third-order valence-corrected chi connectivity index (χ3v) is 5.43. The Balaban J connectivity index is 1.56. The molecule has 1 aliphatic heterocycles. The van der Waals surface area contributed by atoms with E-state index < -0.39 is 29.3 Å². The topological polar surface area (TPSA) is 102 Å². The summed E-state index contributed by atoms with van der Waals surface area (Å²) in [5, 5.41) is 14.3. The Morgan fingerprint density at radius 3 is 2.41 bits per heavy atom. The van der Waals surface area contributed by atoms with E-state index in [1.54, 1.807) is 0 Å². The number of ether oxygens (including phenoxy) is 1. The van der Waals surface area contributed by atoms with Crippen LogP contribution in [-0.4, -0.2) is 53.6 Å². The van der Waals surface area contributed by atoms with Gasteiger partial charge in [0.1, 0.15) is 11.3 Å². The first-order chi connectivity index (χ1) is 16.1. The smallest absolute Gasteiger partial charge is 0.422 e. The Labute approximate surface area is 193 Å². The Kier molecular flexibility index (Phi) is 8.08. The number of amides is 2. The van der Waals surface area contributed by atoms with Crippen LogP contribution in [0, 0.1) is 10.1 Å². The minimum Gasteiger partial charge on any atom is -0.484 e. The van der Waals surface area contributed by atoms with Crippen LogP contribution in [0.4, 0.5) is 18.9 Å². The molecule has 2 aromatic carbocycles. The third-order valence-electron chi connectivity index (χ3n) is 5.43. The quantitative estimate of drug-likeness (QED) is 0.457. The van der Waals surface area contributed by atoms with Crippen LogP contribution in [0.25, 0.3) is 0 Å². The summed E-state index contributed by atoms with van der Waals surface area (Å²) in [4.78, 5) is 37.1. The molecule has 182 valence electrons. The lowest BCUT2D eigenvalue weighted by Gasteiger charge is -2.32. The van der Waals surface area contributed by atoms with E-state index in [4.69, 9.17) is 0 Å². The van der Waals surface area contributed by atoms with Gasteiger partial charge >= 0.3 is 6.18 Å². The molecule has 1 saturated heterocycles. The lowest BCUT2D eigenvalue weighted by Crippen LogP contribution is -2.46. The molecular formula is C23H24F3N3O5. The normalized spacial score (nSPS) is 14.5. The molecule has 0 unspecified atom stereocenters. The summed E-state index contributed by atoms with van der Waals surface area (Å²) in [6.07, 6.45) is -2.72. The number of halogens is 3. The highest BCUT2D eigenvalue weighted by Gasteiger charge is 2.31. The van der Waals surface area contributed by atoms with Crippen molar-refractivity contribution in [3.8, 4) is 5.75 Å². The number of likely N-dealkylation sites (tertiary alicyclic amines) is 1. The fourth-order valence-electron chi connectivity index (χ4n) is 3.70. The molecule has 0 bridgehead atoms. The molecular weight excluding hydrogens is 455 g/mol. The standard InChI is InChI=1S/C23H24F3N3O5/c24-23(25,26)15-34-18-7-8-20(29(32)33)19(14-18)22(31)28-12-10-17(11-13-28)27-21(30)9-6-16-4-2-1-3-5-16/h1-5,7-8,14,17H,6,9-13,15H2,(H,27,30). The van der Waals surface area contributed by atoms with Crippen LogP contribution >= 0.6 is 0 Å². The number of nitro groups is 1. The van der Waals surface area contributed by atoms with E-state index in [0.717, 1.165) is 23.8 Å². The van der Waals surface area contributed by atoms with E-state index in [0.29, 0.717) is 25.7 Å². The van der Waals surface area contributed by atoms with Gasteiger partial charge in [-0.25, -0.2) is 0 Å². The number of carbonyl (C=O) groups excluding carboxylic acids is 2. The number of rotatable bonds is 8. The van der Waals surface area contributed by atoms with Gasteiger partial charge in [-0.1, -0.05) is 30.3 Å². The first-order valence-corrected chi connectivity index (χ1v) is 10.7. The third kappa shape index (κ3) is 7.19. The summed E-state index contributed by atoms with van der Waals surface area (Å²) < 4.78 is 41.9. The molecule has 1 fully saturated rings. The molecule has 1 N–H and O–H groups in total. The molecule has 0 radical (unpaired) electrons. The van der Waals surface area contributed by atoms with Gasteiger partial charge in [-0.3, -0.25) is 19.7 Å². The van der Waals surface area contributed by atoms with Gasteiger partial charge in [-0.05, 0) is 37.0 Å². The molecule has 3 rings (SSSR count). The number of carbonyl (C=O) groups is 2. The molecule has 11 heteroatoms. The maximum atomic E-state index is 12.9. The molecule has 0 spiro atoms. The molecule has 0 aromatic heterocycles. The summed E-state index contributed by atoms with van der Waals surface area (Å²) in [6, 6.07) is 12.4. The van der Waals surface area contributed by atoms with Crippen LogP contribution in [0.3, 0.4) is 0 Å². The minimum atomic E-state index is -4.58. The first kappa shape index (κ1) is 25.0. The zero-order valence-corrected chi connectivity index (χ0v) is 18.2. The van der Waals surface area contributed by atoms with Gasteiger partial charge < -0.3 is 15.0 Å². The van der Waals surface area contributed by atoms with Gasteiger partial charge in [0.2, 0.25) is 5.91 Å². The second-order valence-electron chi connectivity index (χ2n) is 7.96. The van der Waals surface area contributed by atoms with Gasteiger partial charge in [0, 0.05) is 31.6 Å². The maximum absolute atomic E-state index is 12.9. The van der Waals surface area contributed by atoms with Crippen LogP contribution in [0.2, 0.25) is 0 Å². The lowest BCUT2D eigenvalue weighted by molar-refractivity contribution is -0.385. The highest BCUT2D eigenvalue weighted by atomic mass is 19.4. The van der Waals surface area contributed by atoms with Crippen molar-refractivity contribution in [1.29, 1.82) is 0 Å². The van der Waals surface area contributed by atoms with E-state index in [9.17, 15) is 32.9 Å². The SMILES string of the molecule is O=C(CCc1ccccc1)NC1CCN(C(=O)c2cc(OCC(F)(F)F)ccc2[N+](=O)[O-])CC1. The molecule has 1 heterocycles. The van der Waals surface area contributed by atoms with Gasteiger partial charge in [-0.2, -0.15) is 13.2 Å². The Bertz CT molecular complexity index is 1020. The van der Waals surface area contributed by atoms with Crippen molar-refractivity contribution in [2.24, 2.45) is 0 Å². The van der Waals surface area contributed by atoms with Gasteiger partial charge in [-0.15, -0.1) is 0 Å². The number of piperidine rings is 1.